The molecule has 0 N–H and O–H groups in total. The van der Waals surface area contributed by atoms with E-state index in [1.54, 1.807) is 23.1 Å². The molecule has 3 aliphatic rings. The SMILES string of the molecule is O=C1N(Cc2ccc(Cl)o2)c2ccccc2C12COc1cc3c(cc12)OCO3. The fraction of sp³-hybridized carbons (Fsp3) is 0.190. The van der Waals surface area contributed by atoms with Crippen LogP contribution < -0.4 is 19.1 Å². The number of carbonyl (C=O) groups is 1. The molecule has 1 spiro atoms. The molecule has 2 aromatic carbocycles. The Labute approximate surface area is 165 Å². The molecular weight excluding hydrogens is 382 g/mol. The molecule has 1 amide bonds. The van der Waals surface area contributed by atoms with E-state index in [1.165, 1.54) is 0 Å². The molecule has 4 heterocycles. The Bertz CT molecular complexity index is 1140. The zero-order chi connectivity index (χ0) is 18.9. The molecule has 0 fully saturated rings. The number of furan rings is 1. The van der Waals surface area contributed by atoms with E-state index in [0.717, 1.165) is 16.8 Å². The maximum atomic E-state index is 13.8. The van der Waals surface area contributed by atoms with Crippen LogP contribution in [0, 0.1) is 0 Å². The minimum Gasteiger partial charge on any atom is -0.491 e. The number of fused-ring (bicyclic) bond motifs is 5. The minimum absolute atomic E-state index is 0.0566. The highest BCUT2D eigenvalue weighted by molar-refractivity contribution is 6.28. The predicted octanol–water partition coefficient (Wildman–Crippen LogP) is 3.89. The van der Waals surface area contributed by atoms with Crippen LogP contribution in [0.3, 0.4) is 0 Å². The van der Waals surface area contributed by atoms with E-state index in [2.05, 4.69) is 0 Å². The number of nitrogens with zero attached hydrogens (tertiary/aromatic N) is 1. The number of hydrogen-bond donors (Lipinski definition) is 0. The maximum Gasteiger partial charge on any atom is 0.246 e. The van der Waals surface area contributed by atoms with Crippen molar-refractivity contribution in [3.8, 4) is 17.2 Å². The van der Waals surface area contributed by atoms with Crippen LogP contribution in [0.15, 0.2) is 52.9 Å². The lowest BCUT2D eigenvalue weighted by molar-refractivity contribution is -0.122. The number of anilines is 1. The van der Waals surface area contributed by atoms with E-state index in [4.69, 9.17) is 30.2 Å². The van der Waals surface area contributed by atoms with E-state index < -0.39 is 5.41 Å². The minimum atomic E-state index is -0.913. The van der Waals surface area contributed by atoms with Crippen molar-refractivity contribution in [2.24, 2.45) is 0 Å². The molecule has 0 aliphatic carbocycles. The summed E-state index contributed by atoms with van der Waals surface area (Å²) in [6.45, 7) is 0.696. The number of amides is 1. The van der Waals surface area contributed by atoms with Gasteiger partial charge in [-0.15, -0.1) is 0 Å². The van der Waals surface area contributed by atoms with Crippen molar-refractivity contribution >= 4 is 23.2 Å². The van der Waals surface area contributed by atoms with Crippen molar-refractivity contribution in [3.05, 3.63) is 70.6 Å². The van der Waals surface area contributed by atoms with Gasteiger partial charge in [0.05, 0.1) is 6.54 Å². The molecule has 0 bridgehead atoms. The molecular formula is C21H14ClNO5. The summed E-state index contributed by atoms with van der Waals surface area (Å²) in [5.41, 5.74) is 1.64. The lowest BCUT2D eigenvalue weighted by Gasteiger charge is -2.22. The van der Waals surface area contributed by atoms with Crippen LogP contribution in [0.1, 0.15) is 16.9 Å². The van der Waals surface area contributed by atoms with Gasteiger partial charge >= 0.3 is 0 Å². The number of para-hydroxylation sites is 1. The van der Waals surface area contributed by atoms with Crippen molar-refractivity contribution < 1.29 is 23.4 Å². The Balaban J connectivity index is 1.51. The first kappa shape index (κ1) is 15.9. The first-order valence-electron chi connectivity index (χ1n) is 8.89. The van der Waals surface area contributed by atoms with E-state index in [9.17, 15) is 4.79 Å². The lowest BCUT2D eigenvalue weighted by atomic mass is 9.77. The van der Waals surface area contributed by atoms with Gasteiger partial charge < -0.3 is 23.5 Å². The zero-order valence-electron chi connectivity index (χ0n) is 14.6. The van der Waals surface area contributed by atoms with Crippen molar-refractivity contribution in [1.29, 1.82) is 0 Å². The Morgan fingerprint density at radius 1 is 0.964 bits per heavy atom. The second-order valence-electron chi connectivity index (χ2n) is 7.01. The summed E-state index contributed by atoms with van der Waals surface area (Å²) in [5.74, 6) is 2.48. The summed E-state index contributed by atoms with van der Waals surface area (Å²) in [5, 5.41) is 0.298. The molecule has 6 rings (SSSR count). The van der Waals surface area contributed by atoms with Crippen LogP contribution in [-0.4, -0.2) is 19.3 Å². The number of rotatable bonds is 2. The molecule has 0 radical (unpaired) electrons. The van der Waals surface area contributed by atoms with Crippen LogP contribution in [0.25, 0.3) is 0 Å². The largest absolute Gasteiger partial charge is 0.491 e. The standard InChI is InChI=1S/C21H14ClNO5/c22-19-6-5-12(28-19)9-23-15-4-2-1-3-13(15)21(20(23)24)10-25-16-8-18-17(7-14(16)21)26-11-27-18/h1-8H,9-11H2. The fourth-order valence-electron chi connectivity index (χ4n) is 4.31. The zero-order valence-corrected chi connectivity index (χ0v) is 15.4. The van der Waals surface area contributed by atoms with Gasteiger partial charge in [0, 0.05) is 17.3 Å². The molecule has 6 nitrogen and oxygen atoms in total. The quantitative estimate of drug-likeness (QED) is 0.659. The van der Waals surface area contributed by atoms with E-state index in [-0.39, 0.29) is 19.3 Å². The average molecular weight is 396 g/mol. The maximum absolute atomic E-state index is 13.8. The van der Waals surface area contributed by atoms with E-state index in [1.807, 2.05) is 30.3 Å². The number of ether oxygens (including phenoxy) is 3. The number of hydrogen-bond acceptors (Lipinski definition) is 5. The molecule has 1 aromatic heterocycles. The van der Waals surface area contributed by atoms with Crippen molar-refractivity contribution in [2.75, 3.05) is 18.3 Å². The Kier molecular flexibility index (Phi) is 3.09. The van der Waals surface area contributed by atoms with Gasteiger partial charge in [0.2, 0.25) is 12.7 Å². The van der Waals surface area contributed by atoms with Gasteiger partial charge in [-0.25, -0.2) is 0 Å². The summed E-state index contributed by atoms with van der Waals surface area (Å²) < 4.78 is 22.5. The highest BCUT2D eigenvalue weighted by atomic mass is 35.5. The highest BCUT2D eigenvalue weighted by Crippen LogP contribution is 2.55. The van der Waals surface area contributed by atoms with Crippen molar-refractivity contribution in [3.63, 3.8) is 0 Å². The van der Waals surface area contributed by atoms with Gasteiger partial charge in [-0.3, -0.25) is 4.79 Å². The predicted molar refractivity (Wildman–Crippen MR) is 100 cm³/mol. The lowest BCUT2D eigenvalue weighted by Crippen LogP contribution is -2.42. The van der Waals surface area contributed by atoms with Gasteiger partial charge in [0.15, 0.2) is 16.7 Å². The monoisotopic (exact) mass is 395 g/mol. The van der Waals surface area contributed by atoms with E-state index >= 15 is 0 Å². The number of benzene rings is 2. The summed E-state index contributed by atoms with van der Waals surface area (Å²) in [4.78, 5) is 15.5. The topological polar surface area (TPSA) is 61.1 Å². The van der Waals surface area contributed by atoms with Crippen molar-refractivity contribution in [1.82, 2.24) is 0 Å². The Morgan fingerprint density at radius 2 is 1.79 bits per heavy atom. The smallest absolute Gasteiger partial charge is 0.246 e. The molecule has 1 atom stereocenters. The number of carbonyl (C=O) groups excluding carboxylic acids is 1. The van der Waals surface area contributed by atoms with Crippen molar-refractivity contribution in [2.45, 2.75) is 12.0 Å². The van der Waals surface area contributed by atoms with Crippen LogP contribution in [0.5, 0.6) is 17.2 Å². The molecule has 7 heteroatoms. The van der Waals surface area contributed by atoms with Crippen LogP contribution in [0.4, 0.5) is 5.69 Å². The van der Waals surface area contributed by atoms with Crippen LogP contribution >= 0.6 is 11.6 Å². The van der Waals surface area contributed by atoms with Gasteiger partial charge in [-0.05, 0) is 41.4 Å². The van der Waals surface area contributed by atoms with Gasteiger partial charge in [0.25, 0.3) is 0 Å². The Morgan fingerprint density at radius 3 is 2.61 bits per heavy atom. The van der Waals surface area contributed by atoms with Gasteiger partial charge in [-0.2, -0.15) is 0 Å². The van der Waals surface area contributed by atoms with Gasteiger partial charge in [0.1, 0.15) is 23.5 Å². The molecule has 140 valence electrons. The third-order valence-corrected chi connectivity index (χ3v) is 5.79. The molecule has 1 unspecified atom stereocenters. The van der Waals surface area contributed by atoms with Crippen LogP contribution in [0.2, 0.25) is 5.22 Å². The Hall–Kier alpha value is -3.12. The molecule has 0 saturated heterocycles. The van der Waals surface area contributed by atoms with E-state index in [0.29, 0.717) is 34.8 Å². The summed E-state index contributed by atoms with van der Waals surface area (Å²) in [6.07, 6.45) is 0. The molecule has 3 aliphatic heterocycles. The third-order valence-electron chi connectivity index (χ3n) is 5.59. The summed E-state index contributed by atoms with van der Waals surface area (Å²) in [7, 11) is 0. The average Bonchev–Trinajstić information content (AvgIpc) is 3.45. The number of halogens is 1. The summed E-state index contributed by atoms with van der Waals surface area (Å²) >= 11 is 5.91. The fourth-order valence-corrected chi connectivity index (χ4v) is 4.48. The van der Waals surface area contributed by atoms with Crippen LogP contribution in [-0.2, 0) is 16.8 Å². The second-order valence-corrected chi connectivity index (χ2v) is 7.38. The first-order valence-corrected chi connectivity index (χ1v) is 9.27. The third kappa shape index (κ3) is 1.95. The molecule has 0 saturated carbocycles. The first-order chi connectivity index (χ1) is 13.7. The normalized spacial score (nSPS) is 21.2. The molecule has 3 aromatic rings. The molecule has 28 heavy (non-hydrogen) atoms. The second kappa shape index (κ2) is 5.45. The highest BCUT2D eigenvalue weighted by Gasteiger charge is 2.57. The van der Waals surface area contributed by atoms with Gasteiger partial charge in [-0.1, -0.05) is 18.2 Å². The summed E-state index contributed by atoms with van der Waals surface area (Å²) in [6, 6.07) is 14.9.